The second kappa shape index (κ2) is 6.48. The highest BCUT2D eigenvalue weighted by Gasteiger charge is 2.39. The Hall–Kier alpha value is -0.440. The molecule has 1 unspecified atom stereocenters. The van der Waals surface area contributed by atoms with Crippen molar-refractivity contribution < 1.29 is 9.59 Å². The zero-order valence-corrected chi connectivity index (χ0v) is 12.0. The predicted molar refractivity (Wildman–Crippen MR) is 74.3 cm³/mol. The average molecular weight is 280 g/mol. The minimum atomic E-state index is -1.32. The molecule has 100 valence electrons. The maximum Gasteiger partial charge on any atom is 0.256 e. The van der Waals surface area contributed by atoms with Crippen LogP contribution in [0, 0.1) is 0 Å². The molecule has 2 atom stereocenters. The molecule has 0 aliphatic rings. The molecule has 0 spiro atoms. The molecule has 0 radical (unpaired) electrons. The zero-order valence-electron chi connectivity index (χ0n) is 10.2. The van der Waals surface area contributed by atoms with Crippen molar-refractivity contribution in [2.75, 3.05) is 25.6 Å². The van der Waals surface area contributed by atoms with Crippen LogP contribution in [0.2, 0.25) is 0 Å². The van der Waals surface area contributed by atoms with E-state index in [1.54, 1.807) is 14.0 Å². The fourth-order valence-corrected chi connectivity index (χ4v) is 1.59. The Balaban J connectivity index is 4.92. The normalized spacial score (nSPS) is 17.8. The lowest BCUT2D eigenvalue weighted by atomic mass is 10.0. The number of hydrogen-bond donors (Lipinski definition) is 6. The summed E-state index contributed by atoms with van der Waals surface area (Å²) < 4.78 is 0. The molecule has 0 aliphatic carbocycles. The Morgan fingerprint density at radius 1 is 1.18 bits per heavy atom. The first kappa shape index (κ1) is 16.6. The molecule has 6 nitrogen and oxygen atoms in total. The summed E-state index contributed by atoms with van der Waals surface area (Å²) in [5.41, 5.74) is 3.36. The second-order valence-electron chi connectivity index (χ2n) is 3.90. The van der Waals surface area contributed by atoms with Gasteiger partial charge in [-0.25, -0.2) is 0 Å². The molecule has 0 heterocycles. The molecule has 17 heavy (non-hydrogen) atoms. The van der Waals surface area contributed by atoms with Crippen LogP contribution in [0.5, 0.6) is 0 Å². The van der Waals surface area contributed by atoms with Crippen LogP contribution >= 0.6 is 25.3 Å². The number of carbonyl (C=O) groups excluding carboxylic acids is 2. The van der Waals surface area contributed by atoms with Crippen molar-refractivity contribution in [3.63, 3.8) is 0 Å². The first-order valence-electron chi connectivity index (χ1n) is 5.04. The van der Waals surface area contributed by atoms with E-state index in [2.05, 4.69) is 41.2 Å². The largest absolute Gasteiger partial charge is 0.357 e. The van der Waals surface area contributed by atoms with E-state index in [0.29, 0.717) is 0 Å². The van der Waals surface area contributed by atoms with Gasteiger partial charge < -0.3 is 16.4 Å². The lowest BCUT2D eigenvalue weighted by Gasteiger charge is -2.33. The first-order chi connectivity index (χ1) is 7.79. The van der Waals surface area contributed by atoms with Gasteiger partial charge in [0.15, 0.2) is 5.66 Å². The van der Waals surface area contributed by atoms with Gasteiger partial charge in [-0.05, 0) is 14.0 Å². The van der Waals surface area contributed by atoms with E-state index in [1.807, 2.05) is 0 Å². The zero-order chi connectivity index (χ0) is 13.7. The summed E-state index contributed by atoms with van der Waals surface area (Å²) in [6.07, 6.45) is 0. The van der Waals surface area contributed by atoms with E-state index in [1.165, 1.54) is 7.05 Å². The van der Waals surface area contributed by atoms with Crippen LogP contribution in [0.4, 0.5) is 0 Å². The molecule has 5 N–H and O–H groups in total. The minimum absolute atomic E-state index is 0.103. The van der Waals surface area contributed by atoms with Crippen molar-refractivity contribution in [3.05, 3.63) is 0 Å². The summed E-state index contributed by atoms with van der Waals surface area (Å²) >= 11 is 8.07. The van der Waals surface area contributed by atoms with E-state index < -0.39 is 17.1 Å². The molecule has 0 aliphatic heterocycles. The van der Waals surface area contributed by atoms with Gasteiger partial charge in [0.05, 0.1) is 0 Å². The number of nitrogens with one attached hydrogen (secondary N) is 3. The third-order valence-corrected chi connectivity index (χ3v) is 3.67. The van der Waals surface area contributed by atoms with Gasteiger partial charge in [0.1, 0.15) is 5.54 Å². The van der Waals surface area contributed by atoms with Crippen LogP contribution in [-0.2, 0) is 9.59 Å². The smallest absolute Gasteiger partial charge is 0.256 e. The first-order valence-corrected chi connectivity index (χ1v) is 6.30. The van der Waals surface area contributed by atoms with E-state index in [4.69, 9.17) is 5.73 Å². The quantitative estimate of drug-likeness (QED) is 0.259. The summed E-state index contributed by atoms with van der Waals surface area (Å²) in [5, 5.41) is 7.70. The third-order valence-electron chi connectivity index (χ3n) is 2.53. The molecule has 0 rings (SSSR count). The summed E-state index contributed by atoms with van der Waals surface area (Å²) in [7, 11) is 3.04. The second-order valence-corrected chi connectivity index (χ2v) is 4.54. The van der Waals surface area contributed by atoms with Crippen LogP contribution in [-0.4, -0.2) is 48.6 Å². The number of hydrogen-bond acceptors (Lipinski definition) is 6. The topological polar surface area (TPSA) is 96.2 Å². The van der Waals surface area contributed by atoms with Crippen LogP contribution in [0.15, 0.2) is 0 Å². The average Bonchev–Trinajstić information content (AvgIpc) is 2.36. The van der Waals surface area contributed by atoms with Crippen LogP contribution < -0.4 is 21.7 Å². The monoisotopic (exact) mass is 280 g/mol. The molecule has 0 saturated carbocycles. The summed E-state index contributed by atoms with van der Waals surface area (Å²) in [4.78, 5) is 23.6. The minimum Gasteiger partial charge on any atom is -0.357 e. The molecular weight excluding hydrogens is 260 g/mol. The van der Waals surface area contributed by atoms with E-state index in [0.717, 1.165) is 0 Å². The van der Waals surface area contributed by atoms with Gasteiger partial charge in [-0.2, -0.15) is 25.3 Å². The maximum absolute atomic E-state index is 12.0. The highest BCUT2D eigenvalue weighted by atomic mass is 32.1. The summed E-state index contributed by atoms with van der Waals surface area (Å²) in [6.45, 7) is 1.57. The molecule has 8 heteroatoms. The van der Waals surface area contributed by atoms with Crippen molar-refractivity contribution in [1.82, 2.24) is 16.0 Å². The van der Waals surface area contributed by atoms with E-state index in [-0.39, 0.29) is 17.4 Å². The van der Waals surface area contributed by atoms with Gasteiger partial charge in [0, 0.05) is 18.6 Å². The van der Waals surface area contributed by atoms with Crippen molar-refractivity contribution in [2.45, 2.75) is 18.1 Å². The molecule has 0 saturated heterocycles. The fourth-order valence-electron chi connectivity index (χ4n) is 1.07. The van der Waals surface area contributed by atoms with Gasteiger partial charge in [0.25, 0.3) is 5.91 Å². The number of rotatable bonds is 6. The summed E-state index contributed by atoms with van der Waals surface area (Å²) in [6, 6.07) is 0. The molecule has 2 amide bonds. The van der Waals surface area contributed by atoms with E-state index in [9.17, 15) is 9.59 Å². The van der Waals surface area contributed by atoms with E-state index >= 15 is 0 Å². The molecule has 0 bridgehead atoms. The van der Waals surface area contributed by atoms with Crippen LogP contribution in [0.3, 0.4) is 0 Å². The molecule has 0 aromatic heterocycles. The van der Waals surface area contributed by atoms with Crippen molar-refractivity contribution in [1.29, 1.82) is 0 Å². The Morgan fingerprint density at radius 2 is 1.71 bits per heavy atom. The van der Waals surface area contributed by atoms with Crippen LogP contribution in [0.1, 0.15) is 6.92 Å². The van der Waals surface area contributed by atoms with Gasteiger partial charge >= 0.3 is 0 Å². The third kappa shape index (κ3) is 3.77. The Kier molecular flexibility index (Phi) is 6.31. The Morgan fingerprint density at radius 3 is 2.00 bits per heavy atom. The number of thiol groups is 2. The Labute approximate surface area is 112 Å². The number of amides is 2. The van der Waals surface area contributed by atoms with Gasteiger partial charge in [-0.1, -0.05) is 0 Å². The molecular formula is C9H20N4O2S2. The van der Waals surface area contributed by atoms with Gasteiger partial charge in [0.2, 0.25) is 5.91 Å². The fraction of sp³-hybridized carbons (Fsp3) is 0.778. The van der Waals surface area contributed by atoms with Crippen molar-refractivity contribution in [3.8, 4) is 0 Å². The van der Waals surface area contributed by atoms with Gasteiger partial charge in [-0.3, -0.25) is 14.9 Å². The van der Waals surface area contributed by atoms with Crippen molar-refractivity contribution in [2.24, 2.45) is 5.73 Å². The lowest BCUT2D eigenvalue weighted by molar-refractivity contribution is -0.134. The number of nitrogens with two attached hydrogens (primary N) is 1. The molecule has 0 fully saturated rings. The number of carbonyl (C=O) groups is 2. The highest BCUT2D eigenvalue weighted by molar-refractivity contribution is 7.80. The highest BCUT2D eigenvalue weighted by Crippen LogP contribution is 2.09. The standard InChI is InChI=1S/C9H20N4O2S2/c1-8(4-16,6(14)11-2)13-7(15)9(10,5-17)12-3/h12,16-17H,4-5,10H2,1-3H3,(H,11,14)(H,13,15)/t8-,9?/m0/s1. The van der Waals surface area contributed by atoms with Crippen LogP contribution in [0.25, 0.3) is 0 Å². The molecule has 0 aromatic carbocycles. The SMILES string of the molecule is CNC(=O)[C@](C)(CS)NC(=O)C(N)(CS)NC. The summed E-state index contributed by atoms with van der Waals surface area (Å²) in [5.74, 6) is -0.579. The lowest BCUT2D eigenvalue weighted by Crippen LogP contribution is -2.69. The maximum atomic E-state index is 12.0. The van der Waals surface area contributed by atoms with Crippen molar-refractivity contribution >= 4 is 37.1 Å². The van der Waals surface area contributed by atoms with Gasteiger partial charge in [-0.15, -0.1) is 0 Å². The predicted octanol–water partition coefficient (Wildman–Crippen LogP) is -1.66. The molecule has 0 aromatic rings. The number of likely N-dealkylation sites (N-methyl/N-ethyl adjacent to an activating group) is 2. The Bertz CT molecular complexity index is 297.